The molecule has 5 amide bonds. The second kappa shape index (κ2) is 17.7. The number of aromatic nitrogens is 1. The zero-order valence-corrected chi connectivity index (χ0v) is 29.9. The fourth-order valence-corrected chi connectivity index (χ4v) is 5.65. The summed E-state index contributed by atoms with van der Waals surface area (Å²) in [7, 11) is 3.28. The van der Waals surface area contributed by atoms with Crippen LogP contribution in [-0.2, 0) is 4.74 Å². The molecule has 14 heteroatoms. The van der Waals surface area contributed by atoms with Crippen LogP contribution in [0.5, 0.6) is 11.5 Å². The van der Waals surface area contributed by atoms with Gasteiger partial charge in [-0.05, 0) is 89.4 Å². The number of hydrogen-bond acceptors (Lipinski definition) is 9. The van der Waals surface area contributed by atoms with E-state index in [1.54, 1.807) is 87.2 Å². The summed E-state index contributed by atoms with van der Waals surface area (Å²) in [6.07, 6.45) is 1.70. The fraction of sp³-hybridized carbons (Fsp3) is 0.500. The lowest BCUT2D eigenvalue weighted by molar-refractivity contribution is -0.0115. The number of methoxy groups -OCH3 is 1. The Morgan fingerprint density at radius 3 is 2.46 bits per heavy atom. The first-order valence-corrected chi connectivity index (χ1v) is 16.9. The van der Waals surface area contributed by atoms with Crippen LogP contribution < -0.4 is 25.4 Å². The predicted octanol–water partition coefficient (Wildman–Crippen LogP) is 5.90. The van der Waals surface area contributed by atoms with E-state index < -0.39 is 18.2 Å². The summed E-state index contributed by atoms with van der Waals surface area (Å²) >= 11 is 0. The van der Waals surface area contributed by atoms with E-state index in [9.17, 15) is 19.5 Å². The van der Waals surface area contributed by atoms with E-state index in [4.69, 9.17) is 18.7 Å². The highest BCUT2D eigenvalue weighted by Crippen LogP contribution is 2.29. The maximum absolute atomic E-state index is 14.4. The molecule has 3 aromatic rings. The average molecular weight is 695 g/mol. The molecule has 0 fully saturated rings. The molecule has 4 atom stereocenters. The number of likely N-dealkylation sites (N-methyl/N-ethyl adjacent to an activating group) is 1. The highest BCUT2D eigenvalue weighted by molar-refractivity contribution is 6.03. The average Bonchev–Trinajstić information content (AvgIpc) is 3.41. The SMILES string of the molecule is COc1ccc(NC(=O)N(C)C[C@@H]2OCCCC[C@@H](C)Oc3ccc(NC(=O)Nc4c(C)noc4C)cc3C(=O)N([C@H](C)CO)C[C@@H]2C)cc1. The lowest BCUT2D eigenvalue weighted by Gasteiger charge is -2.35. The molecule has 1 aliphatic rings. The van der Waals surface area contributed by atoms with Gasteiger partial charge in [0.2, 0.25) is 0 Å². The highest BCUT2D eigenvalue weighted by Gasteiger charge is 2.31. The second-order valence-corrected chi connectivity index (χ2v) is 12.8. The Balaban J connectivity index is 1.57. The molecule has 0 saturated heterocycles. The molecular weight excluding hydrogens is 644 g/mol. The van der Waals surface area contributed by atoms with Crippen LogP contribution in [0.15, 0.2) is 47.0 Å². The number of rotatable bonds is 8. The number of urea groups is 2. The molecule has 0 aliphatic carbocycles. The summed E-state index contributed by atoms with van der Waals surface area (Å²) in [5.74, 6) is 0.911. The van der Waals surface area contributed by atoms with Crippen LogP contribution in [0.4, 0.5) is 26.7 Å². The van der Waals surface area contributed by atoms with Crippen molar-refractivity contribution in [1.29, 1.82) is 0 Å². The Hall–Kier alpha value is -4.82. The Labute approximate surface area is 293 Å². The Morgan fingerprint density at radius 2 is 1.80 bits per heavy atom. The maximum Gasteiger partial charge on any atom is 0.323 e. The molecule has 4 N–H and O–H groups in total. The molecule has 1 aromatic heterocycles. The van der Waals surface area contributed by atoms with Gasteiger partial charge in [-0.25, -0.2) is 9.59 Å². The number of nitrogens with zero attached hydrogens (tertiary/aromatic N) is 3. The molecule has 1 aliphatic heterocycles. The molecule has 0 unspecified atom stereocenters. The van der Waals surface area contributed by atoms with Gasteiger partial charge in [-0.1, -0.05) is 12.1 Å². The van der Waals surface area contributed by atoms with Gasteiger partial charge in [0.15, 0.2) is 5.76 Å². The minimum Gasteiger partial charge on any atom is -0.497 e. The third-order valence-corrected chi connectivity index (χ3v) is 8.72. The summed E-state index contributed by atoms with van der Waals surface area (Å²) in [6.45, 7) is 9.77. The van der Waals surface area contributed by atoms with E-state index in [1.165, 1.54) is 0 Å². The van der Waals surface area contributed by atoms with Gasteiger partial charge in [0, 0.05) is 44.0 Å². The topological polar surface area (TPSA) is 168 Å². The van der Waals surface area contributed by atoms with Gasteiger partial charge in [0.1, 0.15) is 22.9 Å². The molecule has 4 rings (SSSR count). The van der Waals surface area contributed by atoms with Crippen LogP contribution in [0.25, 0.3) is 0 Å². The first kappa shape index (κ1) is 38.0. The zero-order chi connectivity index (χ0) is 36.4. The Kier molecular flexibility index (Phi) is 13.5. The molecule has 14 nitrogen and oxygen atoms in total. The number of hydrogen-bond donors (Lipinski definition) is 4. The van der Waals surface area contributed by atoms with E-state index in [-0.39, 0.29) is 49.2 Å². The minimum absolute atomic E-state index is 0.211. The molecule has 0 bridgehead atoms. The van der Waals surface area contributed by atoms with Crippen LogP contribution >= 0.6 is 0 Å². The third kappa shape index (κ3) is 10.1. The van der Waals surface area contributed by atoms with Gasteiger partial charge in [0.05, 0.1) is 37.5 Å². The molecule has 50 heavy (non-hydrogen) atoms. The van der Waals surface area contributed by atoms with Gasteiger partial charge >= 0.3 is 12.1 Å². The maximum atomic E-state index is 14.4. The van der Waals surface area contributed by atoms with Gasteiger partial charge in [-0.2, -0.15) is 0 Å². The van der Waals surface area contributed by atoms with Crippen molar-refractivity contribution in [2.24, 2.45) is 5.92 Å². The number of carbonyl (C=O) groups is 3. The zero-order valence-electron chi connectivity index (χ0n) is 29.9. The number of benzene rings is 2. The quantitative estimate of drug-likeness (QED) is 0.224. The molecule has 2 aromatic carbocycles. The summed E-state index contributed by atoms with van der Waals surface area (Å²) in [5.41, 5.74) is 2.24. The van der Waals surface area contributed by atoms with E-state index in [1.807, 2.05) is 13.8 Å². The number of aryl methyl sites for hydroxylation is 2. The summed E-state index contributed by atoms with van der Waals surface area (Å²) in [5, 5.41) is 22.5. The summed E-state index contributed by atoms with van der Waals surface area (Å²) in [6, 6.07) is 10.6. The van der Waals surface area contributed by atoms with Crippen molar-refractivity contribution < 1.29 is 38.2 Å². The van der Waals surface area contributed by atoms with Crippen molar-refractivity contribution in [1.82, 2.24) is 15.0 Å². The Morgan fingerprint density at radius 1 is 1.08 bits per heavy atom. The standard InChI is InChI=1S/C36H50N6O8/c1-22-19-42(23(2)21-43)34(44)30-18-28(37-35(45)39-33-25(4)40-50-26(33)5)13-16-31(30)49-24(3)10-8-9-17-48-32(22)20-41(6)36(46)38-27-11-14-29(47-7)15-12-27/h11-16,18,22-24,32,43H,8-10,17,19-21H2,1-7H3,(H,38,46)(H2,37,39,45)/t22-,23+,24+,32-/m0/s1. The van der Waals surface area contributed by atoms with Crippen molar-refractivity contribution in [3.63, 3.8) is 0 Å². The molecule has 272 valence electrons. The van der Waals surface area contributed by atoms with Crippen LogP contribution in [0.3, 0.4) is 0 Å². The van der Waals surface area contributed by atoms with Crippen LogP contribution in [0.2, 0.25) is 0 Å². The Bertz CT molecular complexity index is 1580. The normalized spacial score (nSPS) is 19.3. The first-order chi connectivity index (χ1) is 23.9. The highest BCUT2D eigenvalue weighted by atomic mass is 16.5. The number of ether oxygens (including phenoxy) is 3. The largest absolute Gasteiger partial charge is 0.497 e. The number of amides is 5. The molecule has 0 spiro atoms. The monoisotopic (exact) mass is 694 g/mol. The van der Waals surface area contributed by atoms with E-state index in [0.717, 1.165) is 19.3 Å². The van der Waals surface area contributed by atoms with Crippen molar-refractivity contribution in [2.45, 2.75) is 72.1 Å². The molecule has 2 heterocycles. The number of aliphatic hydroxyl groups excluding tert-OH is 1. The fourth-order valence-electron chi connectivity index (χ4n) is 5.65. The van der Waals surface area contributed by atoms with E-state index >= 15 is 0 Å². The second-order valence-electron chi connectivity index (χ2n) is 12.8. The smallest absolute Gasteiger partial charge is 0.323 e. The van der Waals surface area contributed by atoms with Gasteiger partial charge in [-0.15, -0.1) is 0 Å². The van der Waals surface area contributed by atoms with Gasteiger partial charge < -0.3 is 49.6 Å². The third-order valence-electron chi connectivity index (χ3n) is 8.72. The lowest BCUT2D eigenvalue weighted by Crippen LogP contribution is -2.48. The first-order valence-electron chi connectivity index (χ1n) is 16.9. The molecular formula is C36H50N6O8. The van der Waals surface area contributed by atoms with Crippen molar-refractivity contribution in [3.05, 3.63) is 59.5 Å². The lowest BCUT2D eigenvalue weighted by atomic mass is 10.0. The number of carbonyl (C=O) groups excluding carboxylic acids is 3. The van der Waals surface area contributed by atoms with Crippen LogP contribution in [-0.4, -0.2) is 96.7 Å². The van der Waals surface area contributed by atoms with Crippen molar-refractivity contribution in [2.75, 3.05) is 56.4 Å². The number of nitrogens with one attached hydrogen (secondary N) is 3. The summed E-state index contributed by atoms with van der Waals surface area (Å²) in [4.78, 5) is 43.6. The predicted molar refractivity (Wildman–Crippen MR) is 190 cm³/mol. The number of fused-ring (bicyclic) bond motifs is 1. The van der Waals surface area contributed by atoms with Crippen molar-refractivity contribution >= 4 is 35.0 Å². The molecule has 0 radical (unpaired) electrons. The van der Waals surface area contributed by atoms with Crippen LogP contribution in [0.1, 0.15) is 61.8 Å². The van der Waals surface area contributed by atoms with E-state index in [0.29, 0.717) is 46.6 Å². The van der Waals surface area contributed by atoms with Gasteiger partial charge in [-0.3, -0.25) is 4.79 Å². The van der Waals surface area contributed by atoms with Crippen LogP contribution in [0, 0.1) is 19.8 Å². The number of anilines is 3. The summed E-state index contributed by atoms with van der Waals surface area (Å²) < 4.78 is 23.0. The van der Waals surface area contributed by atoms with E-state index in [2.05, 4.69) is 21.1 Å². The van der Waals surface area contributed by atoms with Crippen molar-refractivity contribution in [3.8, 4) is 11.5 Å². The molecule has 0 saturated carbocycles. The minimum atomic E-state index is -0.556. The van der Waals surface area contributed by atoms with Gasteiger partial charge in [0.25, 0.3) is 5.91 Å². The number of aliphatic hydroxyl groups is 1.